The first-order chi connectivity index (χ1) is 8.97. The first-order valence-electron chi connectivity index (χ1n) is 5.63. The van der Waals surface area contributed by atoms with Crippen molar-refractivity contribution < 1.29 is 8.42 Å². The number of nitrogens with two attached hydrogens (primary N) is 1. The van der Waals surface area contributed by atoms with Crippen molar-refractivity contribution in [2.45, 2.75) is 12.3 Å². The van der Waals surface area contributed by atoms with Crippen LogP contribution in [0.2, 0.25) is 0 Å². The smallest absolute Gasteiger partial charge is 0.218 e. The molecule has 1 aromatic carbocycles. The summed E-state index contributed by atoms with van der Waals surface area (Å²) in [7, 11) is -1.78. The van der Waals surface area contributed by atoms with Gasteiger partial charge in [0.2, 0.25) is 10.0 Å². The molecule has 102 valence electrons. The van der Waals surface area contributed by atoms with Crippen LogP contribution in [0.15, 0.2) is 35.2 Å². The molecule has 2 aromatic rings. The Hall–Kier alpha value is -1.44. The predicted molar refractivity (Wildman–Crippen MR) is 77.1 cm³/mol. The van der Waals surface area contributed by atoms with Crippen molar-refractivity contribution in [2.75, 3.05) is 12.8 Å². The van der Waals surface area contributed by atoms with Crippen LogP contribution in [0.5, 0.6) is 0 Å². The molecule has 0 aliphatic rings. The number of sulfonamides is 1. The van der Waals surface area contributed by atoms with Crippen molar-refractivity contribution >= 4 is 27.0 Å². The van der Waals surface area contributed by atoms with Gasteiger partial charge in [-0.3, -0.25) is 0 Å². The second-order valence-corrected chi connectivity index (χ2v) is 7.03. The fourth-order valence-corrected chi connectivity index (χ4v) is 3.29. The van der Waals surface area contributed by atoms with Crippen LogP contribution < -0.4 is 5.73 Å². The summed E-state index contributed by atoms with van der Waals surface area (Å²) in [4.78, 5) is 4.08. The molecular weight excluding hydrogens is 282 g/mol. The van der Waals surface area contributed by atoms with Gasteiger partial charge in [-0.1, -0.05) is 12.1 Å². The van der Waals surface area contributed by atoms with Crippen LogP contribution in [0, 0.1) is 0 Å². The lowest BCUT2D eigenvalue weighted by atomic mass is 10.2. The third-order valence-corrected chi connectivity index (χ3v) is 5.08. The molecule has 0 saturated carbocycles. The number of thiazole rings is 1. The highest BCUT2D eigenvalue weighted by atomic mass is 32.2. The summed E-state index contributed by atoms with van der Waals surface area (Å²) in [6, 6.07) is 6.85. The monoisotopic (exact) mass is 297 g/mol. The first-order valence-corrected chi connectivity index (χ1v) is 8.18. The lowest BCUT2D eigenvalue weighted by molar-refractivity contribution is 0.462. The standard InChI is InChI=1S/C12H15N3O2S2/c1-15(6-12-7-18-9-14-12)19(16,17)8-10-2-4-11(13)5-3-10/h2-5,7,9H,6,8,13H2,1H3. The predicted octanol–water partition coefficient (Wildman–Crippen LogP) is 1.69. The highest BCUT2D eigenvalue weighted by Gasteiger charge is 2.19. The molecule has 5 nitrogen and oxygen atoms in total. The van der Waals surface area contributed by atoms with E-state index in [0.29, 0.717) is 12.2 Å². The zero-order valence-electron chi connectivity index (χ0n) is 10.5. The second-order valence-electron chi connectivity index (χ2n) is 4.23. The molecule has 0 unspecified atom stereocenters. The lowest BCUT2D eigenvalue weighted by Gasteiger charge is -2.16. The van der Waals surface area contributed by atoms with E-state index in [0.717, 1.165) is 11.3 Å². The largest absolute Gasteiger partial charge is 0.399 e. The van der Waals surface area contributed by atoms with Gasteiger partial charge in [-0.15, -0.1) is 11.3 Å². The van der Waals surface area contributed by atoms with E-state index < -0.39 is 10.0 Å². The summed E-state index contributed by atoms with van der Waals surface area (Å²) < 4.78 is 25.7. The molecule has 0 aliphatic heterocycles. The fourth-order valence-electron chi connectivity index (χ4n) is 1.58. The summed E-state index contributed by atoms with van der Waals surface area (Å²) in [5, 5.41) is 1.84. The van der Waals surface area contributed by atoms with E-state index in [9.17, 15) is 8.42 Å². The number of aromatic nitrogens is 1. The van der Waals surface area contributed by atoms with Crippen LogP contribution in [0.1, 0.15) is 11.3 Å². The third kappa shape index (κ3) is 3.76. The van der Waals surface area contributed by atoms with Crippen LogP contribution in [0.3, 0.4) is 0 Å². The van der Waals surface area contributed by atoms with Crippen LogP contribution >= 0.6 is 11.3 Å². The summed E-state index contributed by atoms with van der Waals surface area (Å²) >= 11 is 1.45. The van der Waals surface area contributed by atoms with Crippen molar-refractivity contribution in [3.8, 4) is 0 Å². The van der Waals surface area contributed by atoms with E-state index in [1.807, 2.05) is 5.38 Å². The Balaban J connectivity index is 2.07. The summed E-state index contributed by atoms with van der Waals surface area (Å²) in [5.74, 6) is -0.0338. The fraction of sp³-hybridized carbons (Fsp3) is 0.250. The Morgan fingerprint density at radius 3 is 2.58 bits per heavy atom. The van der Waals surface area contributed by atoms with E-state index in [1.54, 1.807) is 36.8 Å². The number of anilines is 1. The Bertz CT molecular complexity index is 622. The van der Waals surface area contributed by atoms with Gasteiger partial charge >= 0.3 is 0 Å². The van der Waals surface area contributed by atoms with Gasteiger partial charge in [0.1, 0.15) is 0 Å². The molecule has 0 bridgehead atoms. The van der Waals surface area contributed by atoms with E-state index >= 15 is 0 Å². The quantitative estimate of drug-likeness (QED) is 0.852. The highest BCUT2D eigenvalue weighted by Crippen LogP contribution is 2.14. The first kappa shape index (κ1) is 14.0. The molecule has 0 aliphatic carbocycles. The van der Waals surface area contributed by atoms with Gasteiger partial charge in [0, 0.05) is 18.1 Å². The highest BCUT2D eigenvalue weighted by molar-refractivity contribution is 7.88. The van der Waals surface area contributed by atoms with Crippen LogP contribution in [-0.4, -0.2) is 24.8 Å². The zero-order valence-corrected chi connectivity index (χ0v) is 12.1. The number of benzene rings is 1. The Morgan fingerprint density at radius 2 is 2.00 bits per heavy atom. The normalized spacial score (nSPS) is 11.9. The number of hydrogen-bond acceptors (Lipinski definition) is 5. The molecular formula is C12H15N3O2S2. The third-order valence-electron chi connectivity index (χ3n) is 2.67. The molecule has 0 spiro atoms. The maximum Gasteiger partial charge on any atom is 0.218 e. The number of nitrogens with zero attached hydrogens (tertiary/aromatic N) is 2. The van der Waals surface area contributed by atoms with Gasteiger partial charge in [-0.2, -0.15) is 4.31 Å². The SMILES string of the molecule is CN(Cc1cscn1)S(=O)(=O)Cc1ccc(N)cc1. The van der Waals surface area contributed by atoms with Crippen LogP contribution in [-0.2, 0) is 22.3 Å². The van der Waals surface area contributed by atoms with E-state index in [1.165, 1.54) is 15.6 Å². The number of hydrogen-bond donors (Lipinski definition) is 1. The molecule has 7 heteroatoms. The van der Waals surface area contributed by atoms with E-state index in [-0.39, 0.29) is 5.75 Å². The van der Waals surface area contributed by atoms with Gasteiger partial charge in [-0.05, 0) is 17.7 Å². The molecule has 0 radical (unpaired) electrons. The molecule has 1 heterocycles. The second kappa shape index (κ2) is 5.68. The Labute approximate surface area is 116 Å². The molecule has 2 rings (SSSR count). The zero-order chi connectivity index (χ0) is 13.9. The van der Waals surface area contributed by atoms with Crippen molar-refractivity contribution in [3.63, 3.8) is 0 Å². The van der Waals surface area contributed by atoms with E-state index in [4.69, 9.17) is 5.73 Å². The lowest BCUT2D eigenvalue weighted by Crippen LogP contribution is -2.27. The van der Waals surface area contributed by atoms with Gasteiger partial charge in [0.15, 0.2) is 0 Å². The average Bonchev–Trinajstić information content (AvgIpc) is 2.84. The van der Waals surface area contributed by atoms with Crippen molar-refractivity contribution in [3.05, 3.63) is 46.4 Å². The van der Waals surface area contributed by atoms with Crippen molar-refractivity contribution in [1.82, 2.24) is 9.29 Å². The Kier molecular flexibility index (Phi) is 4.18. The van der Waals surface area contributed by atoms with E-state index in [2.05, 4.69) is 4.98 Å². The Morgan fingerprint density at radius 1 is 1.32 bits per heavy atom. The molecule has 0 saturated heterocycles. The van der Waals surface area contributed by atoms with Gasteiger partial charge < -0.3 is 5.73 Å². The number of rotatable bonds is 5. The molecule has 1 aromatic heterocycles. The van der Waals surface area contributed by atoms with Crippen molar-refractivity contribution in [1.29, 1.82) is 0 Å². The summed E-state index contributed by atoms with van der Waals surface area (Å²) in [6.07, 6.45) is 0. The maximum atomic E-state index is 12.2. The van der Waals surface area contributed by atoms with Gasteiger partial charge in [0.25, 0.3) is 0 Å². The summed E-state index contributed by atoms with van der Waals surface area (Å²) in [6.45, 7) is 0.292. The van der Waals surface area contributed by atoms with Gasteiger partial charge in [0.05, 0.1) is 23.5 Å². The maximum absolute atomic E-state index is 12.2. The molecule has 0 amide bonds. The number of nitrogen functional groups attached to an aromatic ring is 1. The van der Waals surface area contributed by atoms with Gasteiger partial charge in [-0.25, -0.2) is 13.4 Å². The topological polar surface area (TPSA) is 76.3 Å². The van der Waals surface area contributed by atoms with Crippen molar-refractivity contribution in [2.24, 2.45) is 0 Å². The minimum atomic E-state index is -3.35. The molecule has 0 atom stereocenters. The summed E-state index contributed by atoms with van der Waals surface area (Å²) in [5.41, 5.74) is 9.37. The molecule has 2 N–H and O–H groups in total. The molecule has 19 heavy (non-hydrogen) atoms. The minimum Gasteiger partial charge on any atom is -0.399 e. The minimum absolute atomic E-state index is 0.0338. The molecule has 0 fully saturated rings. The average molecular weight is 297 g/mol. The van der Waals surface area contributed by atoms with Crippen LogP contribution in [0.25, 0.3) is 0 Å². The van der Waals surface area contributed by atoms with Crippen LogP contribution in [0.4, 0.5) is 5.69 Å².